The molecule has 0 aliphatic carbocycles. The summed E-state index contributed by atoms with van der Waals surface area (Å²) in [5, 5.41) is 9.09. The van der Waals surface area contributed by atoms with Gasteiger partial charge in [0.15, 0.2) is 11.5 Å². The van der Waals surface area contributed by atoms with Crippen molar-refractivity contribution < 1.29 is 24.1 Å². The first kappa shape index (κ1) is 12.6. The Kier molecular flexibility index (Phi) is 3.12. The molecular weight excluding hydrogens is 284 g/mol. The molecule has 0 fully saturated rings. The smallest absolute Gasteiger partial charge is 0.335 e. The fraction of sp³-hybridized carbons (Fsp3) is 0.0714. The Morgan fingerprint density at radius 1 is 1.15 bits per heavy atom. The van der Waals surface area contributed by atoms with Crippen molar-refractivity contribution in [2.45, 2.75) is 0 Å². The van der Waals surface area contributed by atoms with Crippen LogP contribution in [0.2, 0.25) is 5.02 Å². The number of carboxylic acids is 1. The Labute approximate surface area is 119 Å². The minimum atomic E-state index is -1.04. The van der Waals surface area contributed by atoms with Crippen molar-refractivity contribution in [3.63, 3.8) is 0 Å². The Bertz CT molecular complexity index is 683. The third-order valence-electron chi connectivity index (χ3n) is 2.75. The van der Waals surface area contributed by atoms with E-state index in [1.807, 2.05) is 0 Å². The summed E-state index contributed by atoms with van der Waals surface area (Å²) >= 11 is 6.00. The largest absolute Gasteiger partial charge is 0.478 e. The van der Waals surface area contributed by atoms with Crippen molar-refractivity contribution in [1.82, 2.24) is 0 Å². The van der Waals surface area contributed by atoms with E-state index in [2.05, 4.69) is 0 Å². The lowest BCUT2D eigenvalue weighted by atomic mass is 10.2. The van der Waals surface area contributed by atoms with Crippen molar-refractivity contribution >= 4 is 17.6 Å². The van der Waals surface area contributed by atoms with E-state index >= 15 is 0 Å². The molecule has 1 aliphatic heterocycles. The number of fused-ring (bicyclic) bond motifs is 1. The van der Waals surface area contributed by atoms with E-state index in [1.165, 1.54) is 18.2 Å². The second-order valence-electron chi connectivity index (χ2n) is 4.07. The van der Waals surface area contributed by atoms with Gasteiger partial charge in [-0.2, -0.15) is 0 Å². The average molecular weight is 293 g/mol. The maximum absolute atomic E-state index is 10.8. The third kappa shape index (κ3) is 2.35. The molecule has 0 saturated carbocycles. The highest BCUT2D eigenvalue weighted by Gasteiger charge is 2.15. The second kappa shape index (κ2) is 4.94. The standard InChI is InChI=1S/C14H9ClO5/c15-10-5-8(14(16)17)1-3-11(10)20-9-2-4-12-13(6-9)19-7-18-12/h1-6H,7H2,(H,16,17). The number of ether oxygens (including phenoxy) is 3. The summed E-state index contributed by atoms with van der Waals surface area (Å²) in [5.74, 6) is 1.11. The van der Waals surface area contributed by atoms with Crippen molar-refractivity contribution in [1.29, 1.82) is 0 Å². The predicted octanol–water partition coefficient (Wildman–Crippen LogP) is 3.56. The van der Waals surface area contributed by atoms with Gasteiger partial charge in [0.25, 0.3) is 0 Å². The first-order chi connectivity index (χ1) is 9.63. The van der Waals surface area contributed by atoms with Crippen LogP contribution in [0.15, 0.2) is 36.4 Å². The second-order valence-corrected chi connectivity index (χ2v) is 4.47. The van der Waals surface area contributed by atoms with E-state index in [-0.39, 0.29) is 17.4 Å². The summed E-state index contributed by atoms with van der Waals surface area (Å²) in [6, 6.07) is 9.41. The third-order valence-corrected chi connectivity index (χ3v) is 3.05. The average Bonchev–Trinajstić information content (AvgIpc) is 2.88. The number of hydrogen-bond acceptors (Lipinski definition) is 4. The Morgan fingerprint density at radius 2 is 1.95 bits per heavy atom. The van der Waals surface area contributed by atoms with E-state index in [9.17, 15) is 4.79 Å². The SMILES string of the molecule is O=C(O)c1ccc(Oc2ccc3c(c2)OCO3)c(Cl)c1. The van der Waals surface area contributed by atoms with E-state index in [4.69, 9.17) is 30.9 Å². The molecular formula is C14H9ClO5. The van der Waals surface area contributed by atoms with Crippen LogP contribution in [-0.2, 0) is 0 Å². The number of benzene rings is 2. The van der Waals surface area contributed by atoms with Gasteiger partial charge in [-0.3, -0.25) is 0 Å². The van der Waals surface area contributed by atoms with Crippen LogP contribution in [0.5, 0.6) is 23.0 Å². The molecule has 0 radical (unpaired) electrons. The molecule has 0 atom stereocenters. The van der Waals surface area contributed by atoms with Gasteiger partial charge in [0, 0.05) is 6.07 Å². The van der Waals surface area contributed by atoms with Crippen LogP contribution >= 0.6 is 11.6 Å². The number of hydrogen-bond donors (Lipinski definition) is 1. The highest BCUT2D eigenvalue weighted by molar-refractivity contribution is 6.32. The minimum absolute atomic E-state index is 0.105. The minimum Gasteiger partial charge on any atom is -0.478 e. The van der Waals surface area contributed by atoms with Gasteiger partial charge in [0.2, 0.25) is 6.79 Å². The zero-order chi connectivity index (χ0) is 14.1. The number of halogens is 1. The number of rotatable bonds is 3. The molecule has 102 valence electrons. The molecule has 1 heterocycles. The first-order valence-electron chi connectivity index (χ1n) is 5.74. The van der Waals surface area contributed by atoms with Crippen LogP contribution in [0, 0.1) is 0 Å². The van der Waals surface area contributed by atoms with E-state index in [1.54, 1.807) is 18.2 Å². The highest BCUT2D eigenvalue weighted by atomic mass is 35.5. The van der Waals surface area contributed by atoms with Gasteiger partial charge in [0.1, 0.15) is 11.5 Å². The highest BCUT2D eigenvalue weighted by Crippen LogP contribution is 2.38. The lowest BCUT2D eigenvalue weighted by molar-refractivity contribution is 0.0697. The van der Waals surface area contributed by atoms with Crippen LogP contribution in [0.3, 0.4) is 0 Å². The molecule has 0 spiro atoms. The van der Waals surface area contributed by atoms with Gasteiger partial charge in [-0.15, -0.1) is 0 Å². The van der Waals surface area contributed by atoms with Gasteiger partial charge in [-0.25, -0.2) is 4.79 Å². The molecule has 0 aromatic heterocycles. The lowest BCUT2D eigenvalue weighted by Gasteiger charge is -2.08. The molecule has 0 saturated heterocycles. The Hall–Kier alpha value is -2.40. The van der Waals surface area contributed by atoms with E-state index in [0.29, 0.717) is 23.0 Å². The molecule has 2 aromatic carbocycles. The van der Waals surface area contributed by atoms with E-state index in [0.717, 1.165) is 0 Å². The molecule has 5 nitrogen and oxygen atoms in total. The fourth-order valence-corrected chi connectivity index (χ4v) is 2.00. The molecule has 3 rings (SSSR count). The van der Waals surface area contributed by atoms with Gasteiger partial charge in [0.05, 0.1) is 10.6 Å². The number of aromatic carboxylic acids is 1. The Morgan fingerprint density at radius 3 is 2.70 bits per heavy atom. The van der Waals surface area contributed by atoms with Crippen LogP contribution in [-0.4, -0.2) is 17.9 Å². The maximum Gasteiger partial charge on any atom is 0.335 e. The Balaban J connectivity index is 1.86. The zero-order valence-corrected chi connectivity index (χ0v) is 10.9. The predicted molar refractivity (Wildman–Crippen MR) is 71.1 cm³/mol. The fourth-order valence-electron chi connectivity index (χ4n) is 1.78. The van der Waals surface area contributed by atoms with E-state index < -0.39 is 5.97 Å². The molecule has 1 aliphatic rings. The van der Waals surface area contributed by atoms with Gasteiger partial charge >= 0.3 is 5.97 Å². The summed E-state index contributed by atoms with van der Waals surface area (Å²) in [6.07, 6.45) is 0. The van der Waals surface area contributed by atoms with Gasteiger partial charge in [-0.05, 0) is 30.3 Å². The molecule has 0 bridgehead atoms. The van der Waals surface area contributed by atoms with Crippen molar-refractivity contribution in [3.05, 3.63) is 47.0 Å². The molecule has 2 aromatic rings. The molecule has 1 N–H and O–H groups in total. The summed E-state index contributed by atoms with van der Waals surface area (Å²) in [7, 11) is 0. The molecule has 0 unspecified atom stereocenters. The van der Waals surface area contributed by atoms with Gasteiger partial charge in [-0.1, -0.05) is 11.6 Å². The normalized spacial score (nSPS) is 12.2. The molecule has 20 heavy (non-hydrogen) atoms. The van der Waals surface area contributed by atoms with Crippen molar-refractivity contribution in [2.75, 3.05) is 6.79 Å². The summed E-state index contributed by atoms with van der Waals surface area (Å²) in [6.45, 7) is 0.187. The zero-order valence-electron chi connectivity index (χ0n) is 10.1. The number of carbonyl (C=O) groups is 1. The van der Waals surface area contributed by atoms with Crippen LogP contribution < -0.4 is 14.2 Å². The first-order valence-corrected chi connectivity index (χ1v) is 6.11. The van der Waals surface area contributed by atoms with Crippen LogP contribution in [0.4, 0.5) is 0 Å². The van der Waals surface area contributed by atoms with Crippen molar-refractivity contribution in [2.24, 2.45) is 0 Å². The van der Waals surface area contributed by atoms with Crippen molar-refractivity contribution in [3.8, 4) is 23.0 Å². The summed E-state index contributed by atoms with van der Waals surface area (Å²) in [4.78, 5) is 10.8. The quantitative estimate of drug-likeness (QED) is 0.937. The topological polar surface area (TPSA) is 65.0 Å². The molecule has 6 heteroatoms. The maximum atomic E-state index is 10.8. The van der Waals surface area contributed by atoms with Crippen LogP contribution in [0.1, 0.15) is 10.4 Å². The summed E-state index contributed by atoms with van der Waals surface area (Å²) in [5.41, 5.74) is 0.105. The van der Waals surface area contributed by atoms with Gasteiger partial charge < -0.3 is 19.3 Å². The number of carboxylic acid groups (broad SMARTS) is 1. The summed E-state index contributed by atoms with van der Waals surface area (Å²) < 4.78 is 16.1. The molecule has 0 amide bonds. The lowest BCUT2D eigenvalue weighted by Crippen LogP contribution is -1.96. The van der Waals surface area contributed by atoms with Crippen LogP contribution in [0.25, 0.3) is 0 Å². The monoisotopic (exact) mass is 292 g/mol.